The van der Waals surface area contributed by atoms with Crippen LogP contribution in [0.4, 0.5) is 0 Å². The molecule has 6 heteroatoms. The summed E-state index contributed by atoms with van der Waals surface area (Å²) in [7, 11) is 0. The van der Waals surface area contributed by atoms with Crippen molar-refractivity contribution in [1.82, 2.24) is 0 Å². The number of hydrogen-bond donors (Lipinski definition) is 2. The number of rotatable bonds is 10. The normalized spacial score (nSPS) is 20.4. The predicted molar refractivity (Wildman–Crippen MR) is 104 cm³/mol. The second-order valence-electron chi connectivity index (χ2n) is 8.40. The van der Waals surface area contributed by atoms with Gasteiger partial charge in [0, 0.05) is 0 Å². The molecular weight excluding hydrogens is 346 g/mol. The van der Waals surface area contributed by atoms with Crippen molar-refractivity contribution in [3.63, 3.8) is 0 Å². The zero-order valence-electron chi connectivity index (χ0n) is 16.5. The molecule has 0 aromatic heterocycles. The fourth-order valence-electron chi connectivity index (χ4n) is 4.06. The van der Waals surface area contributed by atoms with Crippen molar-refractivity contribution in [2.24, 2.45) is 0 Å². The first-order valence-electron chi connectivity index (χ1n) is 10.1. The van der Waals surface area contributed by atoms with E-state index in [2.05, 4.69) is 24.8 Å². The molecule has 0 amide bonds. The van der Waals surface area contributed by atoms with E-state index in [1.807, 2.05) is 12.1 Å². The highest BCUT2D eigenvalue weighted by atomic mass is 16.9. The summed E-state index contributed by atoms with van der Waals surface area (Å²) in [5.74, 6) is 0.587. The lowest BCUT2D eigenvalue weighted by Crippen LogP contribution is -2.19. The van der Waals surface area contributed by atoms with Gasteiger partial charge >= 0.3 is 0 Å². The topological polar surface area (TPSA) is 92.8 Å². The van der Waals surface area contributed by atoms with Crippen LogP contribution in [0, 0.1) is 10.1 Å². The van der Waals surface area contributed by atoms with E-state index in [0.29, 0.717) is 12.2 Å². The summed E-state index contributed by atoms with van der Waals surface area (Å²) < 4.78 is 0. The number of aromatic hydroxyl groups is 1. The Morgan fingerprint density at radius 3 is 2.63 bits per heavy atom. The van der Waals surface area contributed by atoms with E-state index in [1.54, 1.807) is 0 Å². The number of unbranched alkanes of at least 4 members (excludes halogenated alkanes) is 3. The molecule has 0 heterocycles. The Balaban J connectivity index is 1.84. The lowest BCUT2D eigenvalue weighted by Gasteiger charge is -2.29. The number of aliphatic hydroxyl groups excluding tert-OH is 1. The maximum atomic E-state index is 10.6. The van der Waals surface area contributed by atoms with Gasteiger partial charge in [-0.1, -0.05) is 51.7 Å². The van der Waals surface area contributed by atoms with Crippen LogP contribution in [0.25, 0.3) is 0 Å². The second-order valence-corrected chi connectivity index (χ2v) is 8.40. The summed E-state index contributed by atoms with van der Waals surface area (Å²) in [6.45, 7) is 4.53. The summed E-state index contributed by atoms with van der Waals surface area (Å²) in [4.78, 5) is 14.4. The maximum Gasteiger partial charge on any atom is 0.294 e. The van der Waals surface area contributed by atoms with Crippen LogP contribution < -0.4 is 0 Å². The third-order valence-corrected chi connectivity index (χ3v) is 5.79. The van der Waals surface area contributed by atoms with Gasteiger partial charge < -0.3 is 15.1 Å². The van der Waals surface area contributed by atoms with Crippen LogP contribution in [-0.2, 0) is 10.3 Å². The highest BCUT2D eigenvalue weighted by Gasteiger charge is 2.26. The van der Waals surface area contributed by atoms with Crippen LogP contribution in [0.5, 0.6) is 5.75 Å². The first kappa shape index (κ1) is 21.5. The number of benzene rings is 1. The third-order valence-electron chi connectivity index (χ3n) is 5.79. The first-order chi connectivity index (χ1) is 12.8. The fourth-order valence-corrected chi connectivity index (χ4v) is 4.06. The Labute approximate surface area is 161 Å². The molecule has 1 aromatic rings. The molecule has 152 valence electrons. The van der Waals surface area contributed by atoms with Gasteiger partial charge in [0.05, 0.1) is 12.7 Å². The average molecular weight is 379 g/mol. The average Bonchev–Trinajstić information content (AvgIpc) is 2.60. The Morgan fingerprint density at radius 1 is 1.22 bits per heavy atom. The van der Waals surface area contributed by atoms with E-state index >= 15 is 0 Å². The van der Waals surface area contributed by atoms with Gasteiger partial charge in [-0.3, -0.25) is 0 Å². The molecule has 0 aliphatic heterocycles. The number of phenolic OH excluding ortho intramolecular Hbond substituents is 1. The molecule has 0 spiro atoms. The molecule has 0 bridgehead atoms. The summed E-state index contributed by atoms with van der Waals surface area (Å²) in [6, 6.07) is 6.03. The van der Waals surface area contributed by atoms with Crippen molar-refractivity contribution < 1.29 is 20.1 Å². The molecule has 2 atom stereocenters. The molecule has 6 nitrogen and oxygen atoms in total. The fraction of sp³-hybridized carbons (Fsp3) is 0.714. The highest BCUT2D eigenvalue weighted by molar-refractivity contribution is 5.41. The van der Waals surface area contributed by atoms with Gasteiger partial charge in [-0.2, -0.15) is 0 Å². The summed E-state index contributed by atoms with van der Waals surface area (Å²) in [6.07, 6.45) is 8.01. The molecule has 1 saturated carbocycles. The molecule has 1 aliphatic rings. The Hall–Kier alpha value is -1.82. The van der Waals surface area contributed by atoms with Crippen molar-refractivity contribution in [2.45, 2.75) is 89.1 Å². The van der Waals surface area contributed by atoms with Crippen LogP contribution in [0.15, 0.2) is 18.2 Å². The van der Waals surface area contributed by atoms with Crippen LogP contribution >= 0.6 is 0 Å². The molecule has 27 heavy (non-hydrogen) atoms. The van der Waals surface area contributed by atoms with E-state index in [-0.39, 0.29) is 24.0 Å². The molecule has 0 unspecified atom stereocenters. The van der Waals surface area contributed by atoms with Crippen molar-refractivity contribution >= 4 is 0 Å². The zero-order chi connectivity index (χ0) is 19.9. The molecule has 0 radical (unpaired) electrons. The molecule has 1 aromatic carbocycles. The minimum atomic E-state index is -0.743. The monoisotopic (exact) mass is 379 g/mol. The summed E-state index contributed by atoms with van der Waals surface area (Å²) >= 11 is 0. The van der Waals surface area contributed by atoms with E-state index in [0.717, 1.165) is 62.5 Å². The highest BCUT2D eigenvalue weighted by Crippen LogP contribution is 2.40. The number of phenols is 1. The number of hydrogen-bond acceptors (Lipinski definition) is 5. The number of aliphatic hydroxyl groups is 1. The predicted octanol–water partition coefficient (Wildman–Crippen LogP) is 4.85. The molecule has 2 N–H and O–H groups in total. The Morgan fingerprint density at radius 2 is 1.96 bits per heavy atom. The first-order valence-corrected chi connectivity index (χ1v) is 10.1. The van der Waals surface area contributed by atoms with Crippen molar-refractivity contribution in [1.29, 1.82) is 0 Å². The molecular formula is C21H33NO5. The Kier molecular flexibility index (Phi) is 7.90. The van der Waals surface area contributed by atoms with Gasteiger partial charge in [0.1, 0.15) is 5.75 Å². The SMILES string of the molecule is CC(C)(CCCCCCO[N+](=O)[O-])c1ccc([C@H]2CCC[C@@H](O)C2)c(O)c1. The smallest absolute Gasteiger partial charge is 0.294 e. The lowest BCUT2D eigenvalue weighted by atomic mass is 9.77. The summed E-state index contributed by atoms with van der Waals surface area (Å²) in [5.41, 5.74) is 2.04. The van der Waals surface area contributed by atoms with Gasteiger partial charge in [0.2, 0.25) is 0 Å². The van der Waals surface area contributed by atoms with Crippen LogP contribution in [0.1, 0.15) is 88.7 Å². The number of nitrogens with zero attached hydrogens (tertiary/aromatic N) is 1. The summed E-state index contributed by atoms with van der Waals surface area (Å²) in [5, 5.41) is 29.8. The molecule has 1 fully saturated rings. The van der Waals surface area contributed by atoms with Gasteiger partial charge in [-0.05, 0) is 60.6 Å². The van der Waals surface area contributed by atoms with Crippen molar-refractivity contribution in [3.8, 4) is 5.75 Å². The largest absolute Gasteiger partial charge is 0.508 e. The maximum absolute atomic E-state index is 10.6. The van der Waals surface area contributed by atoms with Crippen molar-refractivity contribution in [2.75, 3.05) is 6.61 Å². The standard InChI is InChI=1S/C21H33NO5/c1-21(2,12-5-3-4-6-13-27-22(25)26)17-10-11-19(20(24)15-17)16-8-7-9-18(23)14-16/h10-11,15-16,18,23-24H,3-9,12-14H2,1-2H3/t16-,18+/m0/s1. The molecule has 0 saturated heterocycles. The van der Waals surface area contributed by atoms with Crippen LogP contribution in [0.3, 0.4) is 0 Å². The van der Waals surface area contributed by atoms with Gasteiger partial charge in [0.15, 0.2) is 0 Å². The van der Waals surface area contributed by atoms with E-state index < -0.39 is 5.09 Å². The van der Waals surface area contributed by atoms with Crippen LogP contribution in [0.2, 0.25) is 0 Å². The van der Waals surface area contributed by atoms with E-state index in [1.165, 1.54) is 0 Å². The third kappa shape index (κ3) is 6.69. The quantitative estimate of drug-likeness (QED) is 0.344. The lowest BCUT2D eigenvalue weighted by molar-refractivity contribution is -0.757. The second kappa shape index (κ2) is 9.93. The minimum absolute atomic E-state index is 0.0422. The van der Waals surface area contributed by atoms with Crippen molar-refractivity contribution in [3.05, 3.63) is 39.4 Å². The molecule has 1 aliphatic carbocycles. The van der Waals surface area contributed by atoms with Gasteiger partial charge in [-0.25, -0.2) is 0 Å². The van der Waals surface area contributed by atoms with Gasteiger partial charge in [-0.15, -0.1) is 10.1 Å². The zero-order valence-corrected chi connectivity index (χ0v) is 16.5. The van der Waals surface area contributed by atoms with E-state index in [4.69, 9.17) is 0 Å². The Bertz CT molecular complexity index is 617. The van der Waals surface area contributed by atoms with Crippen LogP contribution in [-0.4, -0.2) is 28.0 Å². The molecule has 2 rings (SSSR count). The van der Waals surface area contributed by atoms with E-state index in [9.17, 15) is 20.3 Å². The van der Waals surface area contributed by atoms with Gasteiger partial charge in [0.25, 0.3) is 5.09 Å². The minimum Gasteiger partial charge on any atom is -0.508 e.